The molecule has 2 aromatic carbocycles. The molecule has 0 unspecified atom stereocenters. The van der Waals surface area contributed by atoms with Crippen LogP contribution in [0.3, 0.4) is 0 Å². The predicted molar refractivity (Wildman–Crippen MR) is 103 cm³/mol. The number of nitrogens with one attached hydrogen (secondary N) is 1. The Labute approximate surface area is 166 Å². The van der Waals surface area contributed by atoms with Gasteiger partial charge in [-0.25, -0.2) is 14.5 Å². The van der Waals surface area contributed by atoms with Crippen LogP contribution in [-0.4, -0.2) is 30.8 Å². The topological polar surface area (TPSA) is 110 Å². The molecule has 4 aromatic rings. The van der Waals surface area contributed by atoms with Crippen LogP contribution >= 0.6 is 23.2 Å². The maximum Gasteiger partial charge on any atom is 0.338 e. The molecular formula is C18H10Cl2N4O4. The van der Waals surface area contributed by atoms with Gasteiger partial charge in [-0.15, -0.1) is 0 Å². The fourth-order valence-electron chi connectivity index (χ4n) is 2.51. The number of halogens is 2. The number of carboxylic acid groups (broad SMARTS) is 1. The molecule has 4 rings (SSSR count). The predicted octanol–water partition coefficient (Wildman–Crippen LogP) is 3.91. The molecule has 2 aromatic heterocycles. The van der Waals surface area contributed by atoms with Crippen LogP contribution in [0.4, 0.5) is 0 Å². The number of aromatic carboxylic acids is 1. The van der Waals surface area contributed by atoms with Crippen molar-refractivity contribution >= 4 is 40.1 Å². The Morgan fingerprint density at radius 1 is 1.18 bits per heavy atom. The van der Waals surface area contributed by atoms with Crippen molar-refractivity contribution in [2.45, 2.75) is 0 Å². The first-order valence-electron chi connectivity index (χ1n) is 7.86. The summed E-state index contributed by atoms with van der Waals surface area (Å²) in [6, 6.07) is 9.58. The van der Waals surface area contributed by atoms with Gasteiger partial charge in [0.05, 0.1) is 27.7 Å². The molecule has 0 amide bonds. The maximum absolute atomic E-state index is 12.5. The van der Waals surface area contributed by atoms with Crippen LogP contribution in [0, 0.1) is 0 Å². The Balaban J connectivity index is 1.71. The van der Waals surface area contributed by atoms with Gasteiger partial charge in [0.1, 0.15) is 11.5 Å². The number of hydrogen-bond donors (Lipinski definition) is 2. The van der Waals surface area contributed by atoms with Crippen LogP contribution < -0.4 is 10.3 Å². The standard InChI is InChI=1S/C18H10Cl2N4O4/c19-10-1-4-15(13(20)5-10)28-11-2-3-14-12(6-11)16(25)23-18(22-14)24-8-9(7-21-24)17(26)27/h1-8H,(H,26,27)(H,22,23,25). The van der Waals surface area contributed by atoms with Crippen molar-refractivity contribution in [2.75, 3.05) is 0 Å². The van der Waals surface area contributed by atoms with E-state index in [-0.39, 0.29) is 16.9 Å². The van der Waals surface area contributed by atoms with Crippen molar-refractivity contribution in [3.63, 3.8) is 0 Å². The van der Waals surface area contributed by atoms with Gasteiger partial charge in [-0.1, -0.05) is 23.2 Å². The van der Waals surface area contributed by atoms with Gasteiger partial charge in [-0.2, -0.15) is 5.10 Å². The third-order valence-corrected chi connectivity index (χ3v) is 4.36. The van der Waals surface area contributed by atoms with Crippen molar-refractivity contribution < 1.29 is 14.6 Å². The molecule has 0 bridgehead atoms. The number of carbonyl (C=O) groups is 1. The van der Waals surface area contributed by atoms with E-state index >= 15 is 0 Å². The molecule has 0 radical (unpaired) electrons. The van der Waals surface area contributed by atoms with Gasteiger partial charge >= 0.3 is 5.97 Å². The average molecular weight is 417 g/mol. The van der Waals surface area contributed by atoms with E-state index < -0.39 is 11.5 Å². The van der Waals surface area contributed by atoms with E-state index in [4.69, 9.17) is 33.0 Å². The number of benzene rings is 2. The number of aromatic nitrogens is 4. The number of fused-ring (bicyclic) bond motifs is 1. The molecule has 140 valence electrons. The van der Waals surface area contributed by atoms with Crippen LogP contribution in [0.5, 0.6) is 11.5 Å². The molecule has 0 spiro atoms. The Morgan fingerprint density at radius 2 is 2.00 bits per heavy atom. The van der Waals surface area contributed by atoms with Gasteiger partial charge in [0.2, 0.25) is 5.95 Å². The number of ether oxygens (including phenoxy) is 1. The zero-order valence-electron chi connectivity index (χ0n) is 13.9. The summed E-state index contributed by atoms with van der Waals surface area (Å²) in [5, 5.41) is 14.0. The molecule has 0 fully saturated rings. The summed E-state index contributed by atoms with van der Waals surface area (Å²) in [4.78, 5) is 30.3. The van der Waals surface area contributed by atoms with Gasteiger partial charge in [0.25, 0.3) is 5.56 Å². The molecule has 0 aliphatic carbocycles. The first-order chi connectivity index (χ1) is 13.4. The fourth-order valence-corrected chi connectivity index (χ4v) is 2.96. The number of carboxylic acids is 1. The summed E-state index contributed by atoms with van der Waals surface area (Å²) < 4.78 is 6.90. The number of H-pyrrole nitrogens is 1. The van der Waals surface area contributed by atoms with Crippen molar-refractivity contribution in [1.29, 1.82) is 0 Å². The van der Waals surface area contributed by atoms with E-state index in [9.17, 15) is 9.59 Å². The van der Waals surface area contributed by atoms with Gasteiger partial charge in [-0.05, 0) is 36.4 Å². The lowest BCUT2D eigenvalue weighted by Crippen LogP contribution is -2.14. The summed E-state index contributed by atoms with van der Waals surface area (Å²) in [6.45, 7) is 0. The average Bonchev–Trinajstić information content (AvgIpc) is 3.15. The van der Waals surface area contributed by atoms with Crippen LogP contribution in [0.1, 0.15) is 10.4 Å². The molecule has 2 heterocycles. The zero-order valence-corrected chi connectivity index (χ0v) is 15.4. The van der Waals surface area contributed by atoms with Crippen LogP contribution in [0.25, 0.3) is 16.9 Å². The molecule has 0 saturated carbocycles. The lowest BCUT2D eigenvalue weighted by atomic mass is 10.2. The number of hydrogen-bond acceptors (Lipinski definition) is 5. The normalized spacial score (nSPS) is 10.9. The lowest BCUT2D eigenvalue weighted by molar-refractivity contribution is 0.0697. The highest BCUT2D eigenvalue weighted by Gasteiger charge is 2.12. The Bertz CT molecular complexity index is 1280. The minimum Gasteiger partial charge on any atom is -0.478 e. The summed E-state index contributed by atoms with van der Waals surface area (Å²) >= 11 is 12.0. The van der Waals surface area contributed by atoms with E-state index in [1.165, 1.54) is 23.1 Å². The number of aromatic amines is 1. The van der Waals surface area contributed by atoms with Crippen molar-refractivity contribution in [3.05, 3.63) is 74.8 Å². The smallest absolute Gasteiger partial charge is 0.338 e. The largest absolute Gasteiger partial charge is 0.478 e. The third kappa shape index (κ3) is 3.42. The highest BCUT2D eigenvalue weighted by atomic mass is 35.5. The molecule has 0 aliphatic heterocycles. The first-order valence-corrected chi connectivity index (χ1v) is 8.61. The summed E-state index contributed by atoms with van der Waals surface area (Å²) in [6.07, 6.45) is 2.42. The Morgan fingerprint density at radius 3 is 2.71 bits per heavy atom. The molecule has 28 heavy (non-hydrogen) atoms. The van der Waals surface area contributed by atoms with Crippen LogP contribution in [0.2, 0.25) is 10.0 Å². The van der Waals surface area contributed by atoms with Crippen molar-refractivity contribution in [3.8, 4) is 17.4 Å². The van der Waals surface area contributed by atoms with E-state index in [0.717, 1.165) is 0 Å². The van der Waals surface area contributed by atoms with Crippen LogP contribution in [0.15, 0.2) is 53.6 Å². The zero-order chi connectivity index (χ0) is 19.8. The second kappa shape index (κ2) is 6.99. The molecule has 2 N–H and O–H groups in total. The molecular weight excluding hydrogens is 407 g/mol. The molecule has 0 atom stereocenters. The second-order valence-corrected chi connectivity index (χ2v) is 6.57. The number of rotatable bonds is 4. The number of nitrogens with zero attached hydrogens (tertiary/aromatic N) is 3. The van der Waals surface area contributed by atoms with Gasteiger partial charge in [0.15, 0.2) is 0 Å². The first kappa shape index (κ1) is 18.0. The maximum atomic E-state index is 12.5. The van der Waals surface area contributed by atoms with E-state index in [0.29, 0.717) is 27.1 Å². The minimum absolute atomic E-state index is 0.0219. The highest BCUT2D eigenvalue weighted by Crippen LogP contribution is 2.32. The fraction of sp³-hybridized carbons (Fsp3) is 0. The summed E-state index contributed by atoms with van der Waals surface area (Å²) in [5.74, 6) is -0.246. The molecule has 8 nitrogen and oxygen atoms in total. The van der Waals surface area contributed by atoms with E-state index in [1.807, 2.05) is 0 Å². The summed E-state index contributed by atoms with van der Waals surface area (Å²) in [7, 11) is 0. The molecule has 0 saturated heterocycles. The van der Waals surface area contributed by atoms with E-state index in [1.54, 1.807) is 30.3 Å². The van der Waals surface area contributed by atoms with Gasteiger partial charge < -0.3 is 9.84 Å². The van der Waals surface area contributed by atoms with Crippen LogP contribution in [-0.2, 0) is 0 Å². The lowest BCUT2D eigenvalue weighted by Gasteiger charge is -2.09. The van der Waals surface area contributed by atoms with Gasteiger partial charge in [0, 0.05) is 11.2 Å². The minimum atomic E-state index is -1.13. The highest BCUT2D eigenvalue weighted by molar-refractivity contribution is 6.35. The quantitative estimate of drug-likeness (QED) is 0.521. The SMILES string of the molecule is O=C(O)c1cnn(-c2nc3ccc(Oc4ccc(Cl)cc4Cl)cc3c(=O)[nH]2)c1. The monoisotopic (exact) mass is 416 g/mol. The third-order valence-electron chi connectivity index (χ3n) is 3.83. The second-order valence-electron chi connectivity index (χ2n) is 5.72. The van der Waals surface area contributed by atoms with Crippen molar-refractivity contribution in [1.82, 2.24) is 19.7 Å². The Kier molecular flexibility index (Phi) is 4.50. The summed E-state index contributed by atoms with van der Waals surface area (Å²) in [5.41, 5.74) is -0.0629. The Hall–Kier alpha value is -3.36. The van der Waals surface area contributed by atoms with E-state index in [2.05, 4.69) is 15.1 Å². The van der Waals surface area contributed by atoms with Gasteiger partial charge in [-0.3, -0.25) is 9.78 Å². The molecule has 10 heteroatoms. The van der Waals surface area contributed by atoms with Crippen molar-refractivity contribution in [2.24, 2.45) is 0 Å². The molecule has 0 aliphatic rings.